The molecule has 0 aromatic rings. The summed E-state index contributed by atoms with van der Waals surface area (Å²) in [4.78, 5) is 0. The molecular weight excluding hydrogens is 360 g/mol. The number of nitrogens with one attached hydrogen (secondary N) is 4. The molecule has 5 nitrogen and oxygen atoms in total. The van der Waals surface area contributed by atoms with E-state index >= 15 is 0 Å². The molecule has 0 spiro atoms. The Morgan fingerprint density at radius 3 is 1.21 bits per heavy atom. The molecule has 4 N–H and O–H groups in total. The summed E-state index contributed by atoms with van der Waals surface area (Å²) in [6, 6.07) is 1.81. The lowest BCUT2D eigenvalue weighted by atomic mass is 9.79. The van der Waals surface area contributed by atoms with E-state index in [1.165, 1.54) is 0 Å². The highest BCUT2D eigenvalue weighted by molar-refractivity contribution is 5.01. The van der Waals surface area contributed by atoms with Crippen molar-refractivity contribution >= 4 is 0 Å². The van der Waals surface area contributed by atoms with E-state index in [0.29, 0.717) is 24.2 Å². The van der Waals surface area contributed by atoms with Gasteiger partial charge >= 0.3 is 0 Å². The largest absolute Gasteiger partial charge is 0.378 e. The van der Waals surface area contributed by atoms with Gasteiger partial charge in [-0.05, 0) is 94.9 Å². The lowest BCUT2D eigenvalue weighted by Crippen LogP contribution is -2.62. The molecule has 2 atom stereocenters. The molecule has 2 aliphatic heterocycles. The van der Waals surface area contributed by atoms with Crippen molar-refractivity contribution in [2.45, 2.75) is 141 Å². The van der Waals surface area contributed by atoms with Crippen LogP contribution in [0.25, 0.3) is 0 Å². The first kappa shape index (κ1) is 25.1. The zero-order valence-corrected chi connectivity index (χ0v) is 21.0. The molecule has 5 heteroatoms. The summed E-state index contributed by atoms with van der Waals surface area (Å²) >= 11 is 0. The van der Waals surface area contributed by atoms with Crippen LogP contribution in [0.15, 0.2) is 0 Å². The maximum Gasteiger partial charge on any atom is 0.0617 e. The molecule has 2 aliphatic rings. The Bertz CT molecular complexity index is 451. The Labute approximate surface area is 180 Å². The molecule has 2 unspecified atom stereocenters. The molecular formula is C24H50N4O. The average molecular weight is 411 g/mol. The summed E-state index contributed by atoms with van der Waals surface area (Å²) in [7, 11) is 0. The van der Waals surface area contributed by atoms with Gasteiger partial charge < -0.3 is 26.0 Å². The highest BCUT2D eigenvalue weighted by Gasteiger charge is 2.39. The smallest absolute Gasteiger partial charge is 0.0617 e. The van der Waals surface area contributed by atoms with Crippen molar-refractivity contribution in [2.75, 3.05) is 13.2 Å². The third-order valence-corrected chi connectivity index (χ3v) is 6.16. The van der Waals surface area contributed by atoms with Crippen molar-refractivity contribution in [3.05, 3.63) is 0 Å². The molecule has 2 rings (SSSR count). The Kier molecular flexibility index (Phi) is 7.88. The highest BCUT2D eigenvalue weighted by atomic mass is 16.5. The zero-order valence-electron chi connectivity index (χ0n) is 21.0. The van der Waals surface area contributed by atoms with E-state index in [4.69, 9.17) is 4.74 Å². The van der Waals surface area contributed by atoms with Gasteiger partial charge in [0.25, 0.3) is 0 Å². The van der Waals surface area contributed by atoms with Gasteiger partial charge in [0.2, 0.25) is 0 Å². The van der Waals surface area contributed by atoms with Gasteiger partial charge in [0.1, 0.15) is 0 Å². The second kappa shape index (κ2) is 9.12. The topological polar surface area (TPSA) is 57.4 Å². The zero-order chi connectivity index (χ0) is 22.1. The van der Waals surface area contributed by atoms with Gasteiger partial charge in [-0.3, -0.25) is 0 Å². The van der Waals surface area contributed by atoms with Crippen LogP contribution in [0.2, 0.25) is 0 Å². The second-order valence-electron chi connectivity index (χ2n) is 12.7. The van der Waals surface area contributed by atoms with E-state index in [0.717, 1.165) is 38.9 Å². The van der Waals surface area contributed by atoms with Crippen LogP contribution in [0.5, 0.6) is 0 Å². The van der Waals surface area contributed by atoms with Crippen LogP contribution in [0.4, 0.5) is 0 Å². The number of hydrogen-bond donors (Lipinski definition) is 4. The average Bonchev–Trinajstić information content (AvgIpc) is 2.39. The van der Waals surface area contributed by atoms with E-state index in [2.05, 4.69) is 90.5 Å². The van der Waals surface area contributed by atoms with E-state index in [-0.39, 0.29) is 22.2 Å². The maximum atomic E-state index is 6.09. The van der Waals surface area contributed by atoms with Crippen molar-refractivity contribution in [3.63, 3.8) is 0 Å². The minimum Gasteiger partial charge on any atom is -0.378 e. The van der Waals surface area contributed by atoms with Gasteiger partial charge in [-0.1, -0.05) is 0 Å². The molecule has 0 saturated carbocycles. The van der Waals surface area contributed by atoms with E-state index in [1.807, 2.05) is 0 Å². The first-order chi connectivity index (χ1) is 13.1. The van der Waals surface area contributed by atoms with Crippen molar-refractivity contribution in [2.24, 2.45) is 0 Å². The molecule has 172 valence electrons. The molecule has 0 amide bonds. The van der Waals surface area contributed by atoms with Crippen LogP contribution in [-0.2, 0) is 4.74 Å². The van der Waals surface area contributed by atoms with E-state index < -0.39 is 0 Å². The van der Waals surface area contributed by atoms with Crippen molar-refractivity contribution in [1.29, 1.82) is 0 Å². The Balaban J connectivity index is 1.71. The lowest BCUT2D eigenvalue weighted by Gasteiger charge is -2.47. The molecule has 2 saturated heterocycles. The normalized spacial score (nSPS) is 28.8. The van der Waals surface area contributed by atoms with Gasteiger partial charge in [-0.25, -0.2) is 0 Å². The predicted molar refractivity (Wildman–Crippen MR) is 125 cm³/mol. The molecule has 0 aromatic heterocycles. The van der Waals surface area contributed by atoms with Crippen LogP contribution >= 0.6 is 0 Å². The minimum absolute atomic E-state index is 0.175. The fourth-order valence-electron chi connectivity index (χ4n) is 6.20. The van der Waals surface area contributed by atoms with Crippen LogP contribution in [0.3, 0.4) is 0 Å². The predicted octanol–water partition coefficient (Wildman–Crippen LogP) is 3.58. The molecule has 0 bridgehead atoms. The number of piperidine rings is 2. The van der Waals surface area contributed by atoms with Crippen molar-refractivity contribution in [1.82, 2.24) is 21.3 Å². The lowest BCUT2D eigenvalue weighted by molar-refractivity contribution is 0.0737. The standard InChI is InChI=1S/C24H50N4O/c1-17(25-19-11-21(3,4)27-22(5,6)12-19)15-29-16-18(2)26-20-13-23(7,8)28-24(9,10)14-20/h17-20,25-28H,11-16H2,1-10H3. The SMILES string of the molecule is CC(COCC(C)NC1CC(C)(C)NC(C)(C)C1)NC1CC(C)(C)NC(C)(C)C1. The van der Waals surface area contributed by atoms with Gasteiger partial charge in [0, 0.05) is 46.3 Å². The van der Waals surface area contributed by atoms with Gasteiger partial charge in [-0.2, -0.15) is 0 Å². The molecule has 29 heavy (non-hydrogen) atoms. The second-order valence-corrected chi connectivity index (χ2v) is 12.7. The minimum atomic E-state index is 0.175. The summed E-state index contributed by atoms with van der Waals surface area (Å²) in [5.74, 6) is 0. The van der Waals surface area contributed by atoms with Gasteiger partial charge in [0.05, 0.1) is 13.2 Å². The molecule has 2 fully saturated rings. The van der Waals surface area contributed by atoms with E-state index in [1.54, 1.807) is 0 Å². The van der Waals surface area contributed by atoms with Crippen LogP contribution in [-0.4, -0.2) is 59.5 Å². The summed E-state index contributed by atoms with van der Waals surface area (Å²) in [6.07, 6.45) is 4.61. The molecule has 2 heterocycles. The molecule has 0 radical (unpaired) electrons. The Morgan fingerprint density at radius 2 is 0.931 bits per heavy atom. The number of rotatable bonds is 8. The fourth-order valence-corrected chi connectivity index (χ4v) is 6.20. The molecule has 0 aromatic carbocycles. The third-order valence-electron chi connectivity index (χ3n) is 6.16. The van der Waals surface area contributed by atoms with Crippen LogP contribution in [0, 0.1) is 0 Å². The summed E-state index contributed by atoms with van der Waals surface area (Å²) in [6.45, 7) is 24.5. The van der Waals surface area contributed by atoms with Gasteiger partial charge in [0.15, 0.2) is 0 Å². The van der Waals surface area contributed by atoms with Crippen molar-refractivity contribution in [3.8, 4) is 0 Å². The quantitative estimate of drug-likeness (QED) is 0.493. The summed E-state index contributed by atoms with van der Waals surface area (Å²) in [5.41, 5.74) is 0.702. The summed E-state index contributed by atoms with van der Waals surface area (Å²) in [5, 5.41) is 15.1. The van der Waals surface area contributed by atoms with E-state index in [9.17, 15) is 0 Å². The third kappa shape index (κ3) is 8.82. The van der Waals surface area contributed by atoms with Gasteiger partial charge in [-0.15, -0.1) is 0 Å². The monoisotopic (exact) mass is 410 g/mol. The van der Waals surface area contributed by atoms with Crippen LogP contribution < -0.4 is 21.3 Å². The van der Waals surface area contributed by atoms with Crippen LogP contribution in [0.1, 0.15) is 94.9 Å². The summed E-state index contributed by atoms with van der Waals surface area (Å²) < 4.78 is 6.09. The Morgan fingerprint density at radius 1 is 0.655 bits per heavy atom. The fraction of sp³-hybridized carbons (Fsp3) is 1.00. The van der Waals surface area contributed by atoms with Crippen molar-refractivity contribution < 1.29 is 4.74 Å². The Hall–Kier alpha value is -0.200. The number of hydrogen-bond acceptors (Lipinski definition) is 5. The highest BCUT2D eigenvalue weighted by Crippen LogP contribution is 2.29. The maximum absolute atomic E-state index is 6.09. The first-order valence-electron chi connectivity index (χ1n) is 11.8. The molecule has 0 aliphatic carbocycles. The number of ether oxygens (including phenoxy) is 1. The first-order valence-corrected chi connectivity index (χ1v) is 11.8.